The van der Waals surface area contributed by atoms with E-state index >= 15 is 0 Å². The molecule has 2 bridgehead atoms. The maximum Gasteiger partial charge on any atom is 0.274 e. The molecule has 0 saturated heterocycles. The summed E-state index contributed by atoms with van der Waals surface area (Å²) in [4.78, 5) is 24.7. The minimum absolute atomic E-state index is 0.185. The molecule has 1 saturated carbocycles. The third-order valence-electron chi connectivity index (χ3n) is 5.11. The number of hydrogen-bond acceptors (Lipinski definition) is 3. The minimum atomic E-state index is -0.205. The number of carbonyl (C=O) groups excluding carboxylic acids is 1. The quantitative estimate of drug-likeness (QED) is 0.881. The summed E-state index contributed by atoms with van der Waals surface area (Å²) in [5.74, 6) is 1.61. The molecule has 5 nitrogen and oxygen atoms in total. The van der Waals surface area contributed by atoms with Gasteiger partial charge in [-0.2, -0.15) is 5.10 Å². The maximum absolute atomic E-state index is 12.6. The highest BCUT2D eigenvalue weighted by molar-refractivity contribution is 6.04. The Kier molecular flexibility index (Phi) is 3.29. The van der Waals surface area contributed by atoms with Crippen LogP contribution in [0.2, 0.25) is 0 Å². The van der Waals surface area contributed by atoms with Gasteiger partial charge in [0.05, 0.1) is 5.39 Å². The van der Waals surface area contributed by atoms with Crippen molar-refractivity contribution in [1.82, 2.24) is 15.1 Å². The summed E-state index contributed by atoms with van der Waals surface area (Å²) in [5, 5.41) is 8.32. The zero-order chi connectivity index (χ0) is 16.0. The number of amides is 1. The zero-order valence-corrected chi connectivity index (χ0v) is 13.0. The highest BCUT2D eigenvalue weighted by Crippen LogP contribution is 2.42. The van der Waals surface area contributed by atoms with E-state index in [-0.39, 0.29) is 11.5 Å². The molecule has 1 aromatic carbocycles. The third-order valence-corrected chi connectivity index (χ3v) is 5.11. The third kappa shape index (κ3) is 2.36. The Labute approximate surface area is 134 Å². The van der Waals surface area contributed by atoms with Crippen LogP contribution >= 0.6 is 0 Å². The van der Waals surface area contributed by atoms with E-state index in [1.54, 1.807) is 25.2 Å². The van der Waals surface area contributed by atoms with Crippen molar-refractivity contribution in [2.75, 3.05) is 6.54 Å². The number of rotatable bonds is 3. The first-order valence-electron chi connectivity index (χ1n) is 8.06. The summed E-state index contributed by atoms with van der Waals surface area (Å²) < 4.78 is 1.23. The van der Waals surface area contributed by atoms with Gasteiger partial charge in [0, 0.05) is 19.0 Å². The molecule has 0 radical (unpaired) electrons. The summed E-state index contributed by atoms with van der Waals surface area (Å²) in [5.41, 5.74) is 0.136. The van der Waals surface area contributed by atoms with Crippen LogP contribution in [0.1, 0.15) is 23.3 Å². The normalized spacial score (nSPS) is 25.2. The molecule has 23 heavy (non-hydrogen) atoms. The molecule has 1 amide bonds. The van der Waals surface area contributed by atoms with Gasteiger partial charge in [0.2, 0.25) is 0 Å². The fourth-order valence-corrected chi connectivity index (χ4v) is 3.90. The fourth-order valence-electron chi connectivity index (χ4n) is 3.90. The molecule has 2 aliphatic rings. The van der Waals surface area contributed by atoms with E-state index in [9.17, 15) is 9.59 Å². The first-order valence-corrected chi connectivity index (χ1v) is 8.06. The van der Waals surface area contributed by atoms with Gasteiger partial charge < -0.3 is 5.32 Å². The van der Waals surface area contributed by atoms with Crippen LogP contribution in [0.25, 0.3) is 10.8 Å². The fraction of sp³-hybridized carbons (Fsp3) is 0.389. The number of nitrogens with zero attached hydrogens (tertiary/aromatic N) is 2. The molecule has 118 valence electrons. The summed E-state index contributed by atoms with van der Waals surface area (Å²) in [6.45, 7) is 0.670. The van der Waals surface area contributed by atoms with Crippen molar-refractivity contribution < 1.29 is 4.79 Å². The van der Waals surface area contributed by atoms with E-state index in [4.69, 9.17) is 0 Å². The molecule has 5 heteroatoms. The van der Waals surface area contributed by atoms with E-state index in [0.717, 1.165) is 6.42 Å². The summed E-state index contributed by atoms with van der Waals surface area (Å²) >= 11 is 0. The van der Waals surface area contributed by atoms with Gasteiger partial charge in [-0.3, -0.25) is 9.59 Å². The highest BCUT2D eigenvalue weighted by atomic mass is 16.2. The minimum Gasteiger partial charge on any atom is -0.350 e. The van der Waals surface area contributed by atoms with Gasteiger partial charge in [-0.15, -0.1) is 0 Å². The number of aromatic nitrogens is 2. The average Bonchev–Trinajstić information content (AvgIpc) is 3.19. The highest BCUT2D eigenvalue weighted by Gasteiger charge is 2.35. The van der Waals surface area contributed by atoms with Crippen molar-refractivity contribution in [2.24, 2.45) is 24.8 Å². The van der Waals surface area contributed by atoms with Crippen molar-refractivity contribution in [3.63, 3.8) is 0 Å². The lowest BCUT2D eigenvalue weighted by Crippen LogP contribution is -2.33. The van der Waals surface area contributed by atoms with Crippen molar-refractivity contribution in [2.45, 2.75) is 12.8 Å². The molecule has 1 heterocycles. The van der Waals surface area contributed by atoms with Crippen molar-refractivity contribution in [3.05, 3.63) is 52.5 Å². The number of fused-ring (bicyclic) bond motifs is 3. The lowest BCUT2D eigenvalue weighted by Gasteiger charge is -2.18. The molecule has 2 aromatic rings. The summed E-state index contributed by atoms with van der Waals surface area (Å²) in [6, 6.07) is 7.13. The zero-order valence-electron chi connectivity index (χ0n) is 13.0. The van der Waals surface area contributed by atoms with Crippen LogP contribution in [0.15, 0.2) is 41.2 Å². The number of allylic oxidation sites excluding steroid dienone is 2. The molecule has 3 unspecified atom stereocenters. The number of aryl methyl sites for hydroxylation is 1. The SMILES string of the molecule is Cn1nc(C(=O)NCC2CC3C=CC2C3)c2ccccc2c1=O. The second-order valence-electron chi connectivity index (χ2n) is 6.57. The molecule has 0 aliphatic heterocycles. The molecule has 3 atom stereocenters. The largest absolute Gasteiger partial charge is 0.350 e. The molecule has 1 aromatic heterocycles. The van der Waals surface area contributed by atoms with Gasteiger partial charge in [0.25, 0.3) is 11.5 Å². The first kappa shape index (κ1) is 14.2. The van der Waals surface area contributed by atoms with Gasteiger partial charge in [-0.25, -0.2) is 4.68 Å². The molecule has 1 fully saturated rings. The smallest absolute Gasteiger partial charge is 0.274 e. The molecule has 2 aliphatic carbocycles. The molecule has 0 spiro atoms. The standard InChI is InChI=1S/C18H19N3O2/c1-21-18(23)15-5-3-2-4-14(15)16(20-21)17(22)19-10-13-9-11-6-7-12(13)8-11/h2-7,11-13H,8-10H2,1H3,(H,19,22). The Morgan fingerprint density at radius 2 is 2.04 bits per heavy atom. The van der Waals surface area contributed by atoms with Crippen LogP contribution in [0.4, 0.5) is 0 Å². The maximum atomic E-state index is 12.6. The predicted molar refractivity (Wildman–Crippen MR) is 88.2 cm³/mol. The van der Waals surface area contributed by atoms with Gasteiger partial charge in [-0.1, -0.05) is 30.4 Å². The van der Waals surface area contributed by atoms with Crippen LogP contribution in [-0.2, 0) is 7.05 Å². The lowest BCUT2D eigenvalue weighted by atomic mass is 9.93. The predicted octanol–water partition coefficient (Wildman–Crippen LogP) is 1.88. The molecule has 4 rings (SSSR count). The average molecular weight is 309 g/mol. The second-order valence-corrected chi connectivity index (χ2v) is 6.57. The van der Waals surface area contributed by atoms with Crippen LogP contribution in [-0.4, -0.2) is 22.2 Å². The summed E-state index contributed by atoms with van der Waals surface area (Å²) in [6.07, 6.45) is 6.96. The molecular formula is C18H19N3O2. The van der Waals surface area contributed by atoms with Gasteiger partial charge >= 0.3 is 0 Å². The number of nitrogens with one attached hydrogen (secondary N) is 1. The molecular weight excluding hydrogens is 290 g/mol. The Morgan fingerprint density at radius 3 is 2.74 bits per heavy atom. The van der Waals surface area contributed by atoms with E-state index in [0.29, 0.717) is 40.8 Å². The van der Waals surface area contributed by atoms with Gasteiger partial charge in [-0.05, 0) is 36.7 Å². The molecule has 1 N–H and O–H groups in total. The second kappa shape index (κ2) is 5.33. The van der Waals surface area contributed by atoms with Crippen LogP contribution in [0.5, 0.6) is 0 Å². The summed E-state index contributed by atoms with van der Waals surface area (Å²) in [7, 11) is 1.58. The van der Waals surface area contributed by atoms with E-state index < -0.39 is 0 Å². The van der Waals surface area contributed by atoms with Crippen LogP contribution < -0.4 is 10.9 Å². The van der Waals surface area contributed by atoms with E-state index in [2.05, 4.69) is 22.6 Å². The van der Waals surface area contributed by atoms with E-state index in [1.165, 1.54) is 11.1 Å². The first-order chi connectivity index (χ1) is 11.1. The van der Waals surface area contributed by atoms with E-state index in [1.807, 2.05) is 6.07 Å². The Bertz CT molecular complexity index is 868. The number of carbonyl (C=O) groups is 1. The number of hydrogen-bond donors (Lipinski definition) is 1. The van der Waals surface area contributed by atoms with Crippen LogP contribution in [0.3, 0.4) is 0 Å². The van der Waals surface area contributed by atoms with Crippen molar-refractivity contribution in [1.29, 1.82) is 0 Å². The Hall–Kier alpha value is -2.43. The van der Waals surface area contributed by atoms with Crippen molar-refractivity contribution in [3.8, 4) is 0 Å². The van der Waals surface area contributed by atoms with Crippen molar-refractivity contribution >= 4 is 16.7 Å². The Balaban J connectivity index is 1.59. The lowest BCUT2D eigenvalue weighted by molar-refractivity contribution is 0.0940. The van der Waals surface area contributed by atoms with Gasteiger partial charge in [0.15, 0.2) is 5.69 Å². The monoisotopic (exact) mass is 309 g/mol. The number of benzene rings is 1. The topological polar surface area (TPSA) is 64.0 Å². The van der Waals surface area contributed by atoms with Crippen LogP contribution in [0, 0.1) is 17.8 Å². The van der Waals surface area contributed by atoms with Gasteiger partial charge in [0.1, 0.15) is 0 Å². The Morgan fingerprint density at radius 1 is 1.26 bits per heavy atom.